The first-order valence-corrected chi connectivity index (χ1v) is 13.4. The largest absolute Gasteiger partial charge is 0.424 e. The summed E-state index contributed by atoms with van der Waals surface area (Å²) < 4.78 is 35.5. The van der Waals surface area contributed by atoms with E-state index in [0.717, 1.165) is 11.1 Å². The van der Waals surface area contributed by atoms with E-state index < -0.39 is 15.8 Å². The lowest BCUT2D eigenvalue weighted by Crippen LogP contribution is -2.30. The molecule has 0 amide bonds. The molecule has 1 heterocycles. The lowest BCUT2D eigenvalue weighted by atomic mass is 10.1. The van der Waals surface area contributed by atoms with Gasteiger partial charge in [0, 0.05) is 18.7 Å². The number of oxazole rings is 1. The molecule has 8 heteroatoms. The topological polar surface area (TPSA) is 72.5 Å². The van der Waals surface area contributed by atoms with Crippen LogP contribution in [0.25, 0.3) is 16.9 Å². The Bertz CT molecular complexity index is 1620. The van der Waals surface area contributed by atoms with E-state index >= 15 is 0 Å². The third-order valence-corrected chi connectivity index (χ3v) is 8.11. The van der Waals surface area contributed by atoms with Crippen molar-refractivity contribution in [3.8, 4) is 16.9 Å². The molecule has 1 aromatic heterocycles. The molecule has 4 aromatic carbocycles. The third-order valence-electron chi connectivity index (χ3n) is 5.98. The van der Waals surface area contributed by atoms with Crippen molar-refractivity contribution in [1.82, 2.24) is 8.87 Å². The standard InChI is InChI=1S/C29H23ClN2O4S/c30-26-13-7-8-14-27(26)32-28(21-36-29(32)33)24-15-17-25(18-16-24)37(34,35)31(19-22-9-3-1-4-10-22)20-23-11-5-2-6-12-23/h1-18,21H,19-20H2. The van der Waals surface area contributed by atoms with Crippen molar-refractivity contribution in [1.29, 1.82) is 0 Å². The summed E-state index contributed by atoms with van der Waals surface area (Å²) in [4.78, 5) is 12.6. The summed E-state index contributed by atoms with van der Waals surface area (Å²) >= 11 is 6.31. The SMILES string of the molecule is O=c1occ(-c2ccc(S(=O)(=O)N(Cc3ccccc3)Cc3ccccc3)cc2)n1-c1ccccc1Cl. The summed E-state index contributed by atoms with van der Waals surface area (Å²) in [7, 11) is -3.84. The quantitative estimate of drug-likeness (QED) is 0.241. The second kappa shape index (κ2) is 10.6. The monoisotopic (exact) mass is 530 g/mol. The Balaban J connectivity index is 1.49. The lowest BCUT2D eigenvalue weighted by molar-refractivity contribution is 0.401. The molecule has 0 atom stereocenters. The molecule has 0 bridgehead atoms. The van der Waals surface area contributed by atoms with Crippen LogP contribution < -0.4 is 5.76 Å². The van der Waals surface area contributed by atoms with Crippen molar-refractivity contribution in [2.24, 2.45) is 0 Å². The van der Waals surface area contributed by atoms with Gasteiger partial charge in [-0.1, -0.05) is 96.5 Å². The third kappa shape index (κ3) is 5.29. The summed E-state index contributed by atoms with van der Waals surface area (Å²) in [6.07, 6.45) is 1.34. The van der Waals surface area contributed by atoms with Crippen molar-refractivity contribution in [3.05, 3.63) is 142 Å². The van der Waals surface area contributed by atoms with Gasteiger partial charge in [-0.25, -0.2) is 17.8 Å². The molecule has 186 valence electrons. The zero-order valence-corrected chi connectivity index (χ0v) is 21.3. The first-order chi connectivity index (χ1) is 17.9. The van der Waals surface area contributed by atoms with Crippen LogP contribution in [0.1, 0.15) is 11.1 Å². The fourth-order valence-corrected chi connectivity index (χ4v) is 5.75. The van der Waals surface area contributed by atoms with Crippen LogP contribution in [0.5, 0.6) is 0 Å². The second-order valence-electron chi connectivity index (χ2n) is 8.44. The van der Waals surface area contributed by atoms with E-state index in [2.05, 4.69) is 0 Å². The van der Waals surface area contributed by atoms with Gasteiger partial charge in [0.15, 0.2) is 0 Å². The zero-order valence-electron chi connectivity index (χ0n) is 19.7. The molecule has 0 radical (unpaired) electrons. The summed E-state index contributed by atoms with van der Waals surface area (Å²) in [5.41, 5.74) is 3.34. The van der Waals surface area contributed by atoms with Gasteiger partial charge in [-0.05, 0) is 35.4 Å². The maximum Gasteiger partial charge on any atom is 0.424 e. The van der Waals surface area contributed by atoms with Gasteiger partial charge < -0.3 is 4.42 Å². The van der Waals surface area contributed by atoms with Gasteiger partial charge in [0.2, 0.25) is 10.0 Å². The van der Waals surface area contributed by atoms with Crippen molar-refractivity contribution in [2.45, 2.75) is 18.0 Å². The van der Waals surface area contributed by atoms with Gasteiger partial charge >= 0.3 is 5.76 Å². The molecule has 5 rings (SSSR count). The number of para-hydroxylation sites is 1. The van der Waals surface area contributed by atoms with Crippen LogP contribution in [0.15, 0.2) is 130 Å². The Morgan fingerprint density at radius 2 is 1.27 bits per heavy atom. The molecule has 37 heavy (non-hydrogen) atoms. The van der Waals surface area contributed by atoms with Gasteiger partial charge in [-0.3, -0.25) is 0 Å². The van der Waals surface area contributed by atoms with Crippen LogP contribution in [0.2, 0.25) is 5.02 Å². The van der Waals surface area contributed by atoms with Crippen molar-refractivity contribution in [2.75, 3.05) is 0 Å². The van der Waals surface area contributed by atoms with Crippen LogP contribution >= 0.6 is 11.6 Å². The Morgan fingerprint density at radius 1 is 0.730 bits per heavy atom. The maximum atomic E-state index is 13.8. The molecule has 0 spiro atoms. The summed E-state index contributed by atoms with van der Waals surface area (Å²) in [6, 6.07) is 32.3. The Labute approximate surface area is 220 Å². The predicted octanol–water partition coefficient (Wildman–Crippen LogP) is 6.14. The highest BCUT2D eigenvalue weighted by Gasteiger charge is 2.25. The summed E-state index contributed by atoms with van der Waals surface area (Å²) in [6.45, 7) is 0.460. The fourth-order valence-electron chi connectivity index (χ4n) is 4.12. The van der Waals surface area contributed by atoms with Crippen molar-refractivity contribution >= 4 is 21.6 Å². The van der Waals surface area contributed by atoms with E-state index in [-0.39, 0.29) is 18.0 Å². The first-order valence-electron chi connectivity index (χ1n) is 11.6. The molecule has 6 nitrogen and oxygen atoms in total. The number of hydrogen-bond donors (Lipinski definition) is 0. The lowest BCUT2D eigenvalue weighted by Gasteiger charge is -2.23. The fraction of sp³-hybridized carbons (Fsp3) is 0.0690. The minimum absolute atomic E-state index is 0.151. The zero-order chi connectivity index (χ0) is 25.8. The smallest absolute Gasteiger partial charge is 0.415 e. The van der Waals surface area contributed by atoms with E-state index in [1.807, 2.05) is 60.7 Å². The summed E-state index contributed by atoms with van der Waals surface area (Å²) in [5.74, 6) is -0.586. The highest BCUT2D eigenvalue weighted by atomic mass is 35.5. The molecule has 0 aliphatic rings. The van der Waals surface area contributed by atoms with E-state index in [4.69, 9.17) is 16.0 Å². The number of aromatic nitrogens is 1. The van der Waals surface area contributed by atoms with Crippen LogP contribution in [0.3, 0.4) is 0 Å². The van der Waals surface area contributed by atoms with E-state index in [1.54, 1.807) is 48.5 Å². The highest BCUT2D eigenvalue weighted by Crippen LogP contribution is 2.28. The van der Waals surface area contributed by atoms with Crippen molar-refractivity contribution < 1.29 is 12.8 Å². The van der Waals surface area contributed by atoms with E-state index in [1.165, 1.54) is 15.1 Å². The van der Waals surface area contributed by atoms with Gasteiger partial charge in [-0.15, -0.1) is 0 Å². The normalized spacial score (nSPS) is 11.6. The predicted molar refractivity (Wildman–Crippen MR) is 144 cm³/mol. The summed E-state index contributed by atoms with van der Waals surface area (Å²) in [5, 5.41) is 0.393. The number of hydrogen-bond acceptors (Lipinski definition) is 4. The average molecular weight is 531 g/mol. The molecule has 0 aliphatic heterocycles. The van der Waals surface area contributed by atoms with Crippen molar-refractivity contribution in [3.63, 3.8) is 0 Å². The molecule has 0 N–H and O–H groups in total. The van der Waals surface area contributed by atoms with Crippen LogP contribution in [0, 0.1) is 0 Å². The number of halogens is 1. The minimum atomic E-state index is -3.84. The van der Waals surface area contributed by atoms with Gasteiger partial charge in [0.1, 0.15) is 6.26 Å². The minimum Gasteiger partial charge on any atom is -0.415 e. The molecular weight excluding hydrogens is 508 g/mol. The van der Waals surface area contributed by atoms with Gasteiger partial charge in [0.25, 0.3) is 0 Å². The second-order valence-corrected chi connectivity index (χ2v) is 10.8. The molecular formula is C29H23ClN2O4S. The Kier molecular flexibility index (Phi) is 7.10. The van der Waals surface area contributed by atoms with E-state index in [9.17, 15) is 13.2 Å². The van der Waals surface area contributed by atoms with Crippen LogP contribution in [-0.4, -0.2) is 17.3 Å². The number of nitrogens with zero attached hydrogens (tertiary/aromatic N) is 2. The molecule has 5 aromatic rings. The molecule has 0 aliphatic carbocycles. The molecule has 0 unspecified atom stereocenters. The molecule has 0 fully saturated rings. The van der Waals surface area contributed by atoms with Crippen LogP contribution in [-0.2, 0) is 23.1 Å². The Morgan fingerprint density at radius 3 is 1.84 bits per heavy atom. The van der Waals surface area contributed by atoms with Gasteiger partial charge in [-0.2, -0.15) is 4.31 Å². The van der Waals surface area contributed by atoms with Gasteiger partial charge in [0.05, 0.1) is 21.3 Å². The first kappa shape index (κ1) is 24.8. The molecule has 0 saturated heterocycles. The number of rotatable bonds is 8. The number of benzene rings is 4. The molecule has 0 saturated carbocycles. The van der Waals surface area contributed by atoms with Crippen LogP contribution in [0.4, 0.5) is 0 Å². The Hall–Kier alpha value is -3.91. The average Bonchev–Trinajstić information content (AvgIpc) is 3.31. The maximum absolute atomic E-state index is 13.8. The number of sulfonamides is 1. The van der Waals surface area contributed by atoms with E-state index in [0.29, 0.717) is 22.0 Å². The highest BCUT2D eigenvalue weighted by molar-refractivity contribution is 7.89.